The van der Waals surface area contributed by atoms with Crippen molar-refractivity contribution in [2.75, 3.05) is 16.4 Å². The lowest BCUT2D eigenvalue weighted by Gasteiger charge is -2.15. The Morgan fingerprint density at radius 1 is 0.906 bits per heavy atom. The molecular formula is C26H29N3O2S. The summed E-state index contributed by atoms with van der Waals surface area (Å²) in [5.74, 6) is -0.178. The highest BCUT2D eigenvalue weighted by molar-refractivity contribution is 8.00. The van der Waals surface area contributed by atoms with E-state index in [-0.39, 0.29) is 17.6 Å². The Morgan fingerprint density at radius 3 is 2.34 bits per heavy atom. The van der Waals surface area contributed by atoms with E-state index in [9.17, 15) is 9.59 Å². The molecule has 2 amide bonds. The number of amides is 2. The Bertz CT molecular complexity index is 1160. The predicted molar refractivity (Wildman–Crippen MR) is 133 cm³/mol. The van der Waals surface area contributed by atoms with Crippen molar-refractivity contribution in [2.45, 2.75) is 46.1 Å². The monoisotopic (exact) mass is 447 g/mol. The largest absolute Gasteiger partial charge is 0.325 e. The van der Waals surface area contributed by atoms with Crippen LogP contribution in [0.25, 0.3) is 0 Å². The number of carbonyl (C=O) groups is 2. The lowest BCUT2D eigenvalue weighted by atomic mass is 10.1. The molecule has 0 atom stereocenters. The van der Waals surface area contributed by atoms with Gasteiger partial charge in [-0.05, 0) is 68.5 Å². The Labute approximate surface area is 194 Å². The number of pyridine rings is 1. The summed E-state index contributed by atoms with van der Waals surface area (Å²) in [7, 11) is 0. The second kappa shape index (κ2) is 10.5. The zero-order chi connectivity index (χ0) is 23.3. The lowest BCUT2D eigenvalue weighted by molar-refractivity contribution is -0.113. The molecule has 2 N–H and O–H groups in total. The summed E-state index contributed by atoms with van der Waals surface area (Å²) < 4.78 is 0. The van der Waals surface area contributed by atoms with Crippen LogP contribution >= 0.6 is 11.8 Å². The molecular weight excluding hydrogens is 418 g/mol. The van der Waals surface area contributed by atoms with E-state index in [1.165, 1.54) is 11.8 Å². The molecule has 2 aromatic carbocycles. The highest BCUT2D eigenvalue weighted by atomic mass is 32.2. The van der Waals surface area contributed by atoms with Crippen LogP contribution < -0.4 is 10.6 Å². The number of rotatable bonds is 7. The molecule has 6 heteroatoms. The van der Waals surface area contributed by atoms with Crippen LogP contribution in [-0.4, -0.2) is 22.6 Å². The van der Waals surface area contributed by atoms with E-state index < -0.39 is 0 Å². The molecule has 0 saturated carbocycles. The normalized spacial score (nSPS) is 10.7. The number of thioether (sulfide) groups is 1. The first-order chi connectivity index (χ1) is 15.3. The number of nitrogens with zero attached hydrogens (tertiary/aromatic N) is 1. The molecule has 0 spiro atoms. The maximum atomic E-state index is 13.1. The molecule has 0 aliphatic heterocycles. The Kier molecular flexibility index (Phi) is 7.70. The Morgan fingerprint density at radius 2 is 1.62 bits per heavy atom. The van der Waals surface area contributed by atoms with E-state index in [0.717, 1.165) is 45.7 Å². The van der Waals surface area contributed by atoms with Gasteiger partial charge in [-0.2, -0.15) is 0 Å². The average Bonchev–Trinajstić information content (AvgIpc) is 2.74. The van der Waals surface area contributed by atoms with Crippen molar-refractivity contribution in [1.82, 2.24) is 4.98 Å². The topological polar surface area (TPSA) is 71.1 Å². The summed E-state index contributed by atoms with van der Waals surface area (Å²) in [5, 5.41) is 6.58. The van der Waals surface area contributed by atoms with Crippen LogP contribution in [0.15, 0.2) is 53.6 Å². The van der Waals surface area contributed by atoms with Gasteiger partial charge in [0.2, 0.25) is 5.91 Å². The van der Waals surface area contributed by atoms with Gasteiger partial charge in [0, 0.05) is 17.1 Å². The highest BCUT2D eigenvalue weighted by Crippen LogP contribution is 2.27. The fraction of sp³-hybridized carbons (Fsp3) is 0.269. The number of aromatic nitrogens is 1. The minimum Gasteiger partial charge on any atom is -0.325 e. The summed E-state index contributed by atoms with van der Waals surface area (Å²) in [6, 6.07) is 15.5. The van der Waals surface area contributed by atoms with Crippen LogP contribution in [-0.2, 0) is 11.2 Å². The molecule has 1 aromatic heterocycles. The molecule has 32 heavy (non-hydrogen) atoms. The number of carbonyl (C=O) groups excluding carboxylic acids is 2. The first-order valence-electron chi connectivity index (χ1n) is 10.7. The van der Waals surface area contributed by atoms with E-state index in [0.29, 0.717) is 10.6 Å². The molecule has 0 saturated heterocycles. The summed E-state index contributed by atoms with van der Waals surface area (Å²) in [6.07, 6.45) is 0.840. The standard InChI is InChI=1S/C26H29N3O2S/c1-6-20-12-9-11-17(3)24(20)29-22(30)15-32-26-23(18(4)14-19(5)27-26)25(31)28-21-13-8-7-10-16(21)2/h7-14H,6,15H2,1-5H3,(H,28,31)(H,29,30). The molecule has 0 radical (unpaired) electrons. The van der Waals surface area contributed by atoms with Crippen molar-refractivity contribution in [2.24, 2.45) is 0 Å². The number of hydrogen-bond donors (Lipinski definition) is 2. The van der Waals surface area contributed by atoms with Crippen LogP contribution in [0.2, 0.25) is 0 Å². The van der Waals surface area contributed by atoms with Gasteiger partial charge >= 0.3 is 0 Å². The lowest BCUT2D eigenvalue weighted by Crippen LogP contribution is -2.19. The third-order valence-corrected chi connectivity index (χ3v) is 6.25. The minimum atomic E-state index is -0.223. The van der Waals surface area contributed by atoms with Crippen LogP contribution in [0.3, 0.4) is 0 Å². The van der Waals surface area contributed by atoms with Gasteiger partial charge in [-0.15, -0.1) is 0 Å². The number of nitrogens with one attached hydrogen (secondary N) is 2. The van der Waals surface area contributed by atoms with E-state index in [2.05, 4.69) is 22.5 Å². The van der Waals surface area contributed by atoms with Crippen LogP contribution in [0.5, 0.6) is 0 Å². The zero-order valence-electron chi connectivity index (χ0n) is 19.2. The van der Waals surface area contributed by atoms with Crippen molar-refractivity contribution >= 4 is 35.0 Å². The second-order valence-electron chi connectivity index (χ2n) is 7.83. The molecule has 3 rings (SSSR count). The van der Waals surface area contributed by atoms with E-state index in [1.807, 2.05) is 76.2 Å². The van der Waals surface area contributed by atoms with Gasteiger partial charge in [-0.1, -0.05) is 55.1 Å². The maximum absolute atomic E-state index is 13.1. The quantitative estimate of drug-likeness (QED) is 0.445. The molecule has 0 unspecified atom stereocenters. The van der Waals surface area contributed by atoms with Crippen LogP contribution in [0.4, 0.5) is 11.4 Å². The van der Waals surface area contributed by atoms with Gasteiger partial charge in [0.1, 0.15) is 5.03 Å². The summed E-state index contributed by atoms with van der Waals surface area (Å²) in [4.78, 5) is 30.4. The Balaban J connectivity index is 1.79. The fourth-order valence-electron chi connectivity index (χ4n) is 3.59. The van der Waals surface area contributed by atoms with E-state index in [4.69, 9.17) is 0 Å². The summed E-state index contributed by atoms with van der Waals surface area (Å²) in [6.45, 7) is 9.79. The molecule has 5 nitrogen and oxygen atoms in total. The van der Waals surface area contributed by atoms with Gasteiger partial charge in [-0.25, -0.2) is 4.98 Å². The number of hydrogen-bond acceptors (Lipinski definition) is 4. The molecule has 0 bridgehead atoms. The minimum absolute atomic E-state index is 0.120. The highest BCUT2D eigenvalue weighted by Gasteiger charge is 2.19. The average molecular weight is 448 g/mol. The van der Waals surface area contributed by atoms with Gasteiger partial charge < -0.3 is 10.6 Å². The van der Waals surface area contributed by atoms with E-state index in [1.54, 1.807) is 0 Å². The van der Waals surface area contributed by atoms with Gasteiger partial charge in [-0.3, -0.25) is 9.59 Å². The van der Waals surface area contributed by atoms with Gasteiger partial charge in [0.15, 0.2) is 0 Å². The molecule has 0 fully saturated rings. The molecule has 0 aliphatic rings. The number of aryl methyl sites for hydroxylation is 5. The molecule has 0 aliphatic carbocycles. The zero-order valence-corrected chi connectivity index (χ0v) is 20.0. The summed E-state index contributed by atoms with van der Waals surface area (Å²) in [5.41, 5.74) is 6.89. The summed E-state index contributed by atoms with van der Waals surface area (Å²) >= 11 is 1.28. The third-order valence-electron chi connectivity index (χ3n) is 5.28. The smallest absolute Gasteiger partial charge is 0.258 e. The van der Waals surface area contributed by atoms with Crippen LogP contribution in [0, 0.1) is 27.7 Å². The van der Waals surface area contributed by atoms with E-state index >= 15 is 0 Å². The molecule has 1 heterocycles. The SMILES string of the molecule is CCc1cccc(C)c1NC(=O)CSc1nc(C)cc(C)c1C(=O)Nc1ccccc1C. The first-order valence-corrected chi connectivity index (χ1v) is 11.6. The maximum Gasteiger partial charge on any atom is 0.258 e. The van der Waals surface area contributed by atoms with Crippen molar-refractivity contribution in [1.29, 1.82) is 0 Å². The van der Waals surface area contributed by atoms with Crippen molar-refractivity contribution < 1.29 is 9.59 Å². The van der Waals surface area contributed by atoms with Crippen molar-refractivity contribution in [3.8, 4) is 0 Å². The number of para-hydroxylation sites is 2. The molecule has 166 valence electrons. The third kappa shape index (κ3) is 5.56. The second-order valence-corrected chi connectivity index (χ2v) is 8.79. The first kappa shape index (κ1) is 23.5. The number of benzene rings is 2. The van der Waals surface area contributed by atoms with Gasteiger partial charge in [0.05, 0.1) is 11.3 Å². The van der Waals surface area contributed by atoms with Crippen LogP contribution in [0.1, 0.15) is 45.2 Å². The molecule has 3 aromatic rings. The van der Waals surface area contributed by atoms with Crippen molar-refractivity contribution in [3.05, 3.63) is 82.0 Å². The predicted octanol–water partition coefficient (Wildman–Crippen LogP) is 5.86. The number of anilines is 2. The van der Waals surface area contributed by atoms with Gasteiger partial charge in [0.25, 0.3) is 5.91 Å². The Hall–Kier alpha value is -3.12. The fourth-order valence-corrected chi connectivity index (χ4v) is 4.54. The van der Waals surface area contributed by atoms with Crippen molar-refractivity contribution in [3.63, 3.8) is 0 Å².